The van der Waals surface area contributed by atoms with Gasteiger partial charge in [0, 0.05) is 17.7 Å². The molecular weight excluding hydrogens is 226 g/mol. The molecular formula is C15H13NO2. The van der Waals surface area contributed by atoms with Crippen LogP contribution in [0, 0.1) is 0 Å². The van der Waals surface area contributed by atoms with E-state index >= 15 is 0 Å². The number of carbonyl (C=O) groups excluding carboxylic acids is 2. The van der Waals surface area contributed by atoms with Gasteiger partial charge < -0.3 is 10.1 Å². The van der Waals surface area contributed by atoms with Crippen LogP contribution in [0.5, 0.6) is 0 Å². The summed E-state index contributed by atoms with van der Waals surface area (Å²) >= 11 is 0. The Labute approximate surface area is 105 Å². The second-order valence-corrected chi connectivity index (χ2v) is 3.85. The molecule has 18 heavy (non-hydrogen) atoms. The van der Waals surface area contributed by atoms with Gasteiger partial charge in [0.2, 0.25) is 0 Å². The van der Waals surface area contributed by atoms with E-state index < -0.39 is 0 Å². The average Bonchev–Trinajstić information content (AvgIpc) is 2.42. The molecule has 2 rings (SSSR count). The number of nitrogens with one attached hydrogen (secondary N) is 1. The minimum Gasteiger partial charge on any atom is -0.322 e. The van der Waals surface area contributed by atoms with Crippen LogP contribution in [-0.4, -0.2) is 12.2 Å². The Kier molecular flexibility index (Phi) is 3.86. The zero-order valence-electron chi connectivity index (χ0n) is 9.80. The zero-order chi connectivity index (χ0) is 12.8. The van der Waals surface area contributed by atoms with Gasteiger partial charge in [-0.25, -0.2) is 0 Å². The number of rotatable bonds is 4. The van der Waals surface area contributed by atoms with Gasteiger partial charge in [-0.05, 0) is 23.8 Å². The van der Waals surface area contributed by atoms with Crippen molar-refractivity contribution in [1.82, 2.24) is 0 Å². The lowest BCUT2D eigenvalue weighted by Gasteiger charge is -2.09. The van der Waals surface area contributed by atoms with Crippen molar-refractivity contribution in [2.24, 2.45) is 0 Å². The Balaban J connectivity index is 2.19. The summed E-state index contributed by atoms with van der Waals surface area (Å²) in [7, 11) is 0. The van der Waals surface area contributed by atoms with Gasteiger partial charge in [-0.3, -0.25) is 4.79 Å². The van der Waals surface area contributed by atoms with Gasteiger partial charge >= 0.3 is 0 Å². The fourth-order valence-corrected chi connectivity index (χ4v) is 1.69. The number of hydrogen-bond donors (Lipinski definition) is 1. The number of benzene rings is 2. The SMILES string of the molecule is O=CCc1ccccc1NC(=O)c1ccccc1. The van der Waals surface area contributed by atoms with Crippen LogP contribution >= 0.6 is 0 Å². The van der Waals surface area contributed by atoms with Gasteiger partial charge in [-0.2, -0.15) is 0 Å². The maximum atomic E-state index is 12.0. The topological polar surface area (TPSA) is 46.2 Å². The summed E-state index contributed by atoms with van der Waals surface area (Å²) in [6.07, 6.45) is 1.12. The van der Waals surface area contributed by atoms with Gasteiger partial charge in [0.05, 0.1) is 0 Å². The van der Waals surface area contributed by atoms with E-state index in [1.807, 2.05) is 36.4 Å². The summed E-state index contributed by atoms with van der Waals surface area (Å²) in [5.41, 5.74) is 2.09. The summed E-state index contributed by atoms with van der Waals surface area (Å²) in [5.74, 6) is -0.172. The summed E-state index contributed by atoms with van der Waals surface area (Å²) in [6.45, 7) is 0. The number of hydrogen-bond acceptors (Lipinski definition) is 2. The molecule has 3 heteroatoms. The highest BCUT2D eigenvalue weighted by molar-refractivity contribution is 6.04. The van der Waals surface area contributed by atoms with Crippen LogP contribution in [0.1, 0.15) is 15.9 Å². The predicted molar refractivity (Wildman–Crippen MR) is 70.6 cm³/mol. The van der Waals surface area contributed by atoms with E-state index in [-0.39, 0.29) is 5.91 Å². The highest BCUT2D eigenvalue weighted by Crippen LogP contribution is 2.16. The maximum absolute atomic E-state index is 12.0. The Bertz CT molecular complexity index is 549. The smallest absolute Gasteiger partial charge is 0.255 e. The summed E-state index contributed by atoms with van der Waals surface area (Å²) in [5, 5.41) is 2.81. The lowest BCUT2D eigenvalue weighted by Crippen LogP contribution is -2.13. The van der Waals surface area contributed by atoms with E-state index in [2.05, 4.69) is 5.32 Å². The molecule has 1 N–H and O–H groups in total. The van der Waals surface area contributed by atoms with Crippen LogP contribution in [0.2, 0.25) is 0 Å². The molecule has 0 unspecified atom stereocenters. The number of aldehydes is 1. The fraction of sp³-hybridized carbons (Fsp3) is 0.0667. The van der Waals surface area contributed by atoms with Gasteiger partial charge in [-0.15, -0.1) is 0 Å². The van der Waals surface area contributed by atoms with Crippen LogP contribution < -0.4 is 5.32 Å². The van der Waals surface area contributed by atoms with E-state index in [0.29, 0.717) is 17.7 Å². The third-order valence-corrected chi connectivity index (χ3v) is 2.60. The molecule has 0 aliphatic rings. The Morgan fingerprint density at radius 2 is 1.67 bits per heavy atom. The van der Waals surface area contributed by atoms with Crippen molar-refractivity contribution >= 4 is 17.9 Å². The zero-order valence-corrected chi connectivity index (χ0v) is 9.80. The molecule has 0 radical (unpaired) electrons. The first-order valence-electron chi connectivity index (χ1n) is 5.69. The maximum Gasteiger partial charge on any atom is 0.255 e. The van der Waals surface area contributed by atoms with Crippen LogP contribution in [0.15, 0.2) is 54.6 Å². The van der Waals surface area contributed by atoms with E-state index in [9.17, 15) is 9.59 Å². The second-order valence-electron chi connectivity index (χ2n) is 3.85. The van der Waals surface area contributed by atoms with Crippen LogP contribution in [0.25, 0.3) is 0 Å². The minimum absolute atomic E-state index is 0.172. The third kappa shape index (κ3) is 2.83. The fourth-order valence-electron chi connectivity index (χ4n) is 1.69. The molecule has 0 heterocycles. The van der Waals surface area contributed by atoms with Crippen molar-refractivity contribution in [3.8, 4) is 0 Å². The van der Waals surface area contributed by atoms with Gasteiger partial charge in [0.25, 0.3) is 5.91 Å². The first kappa shape index (κ1) is 12.0. The van der Waals surface area contributed by atoms with E-state index in [1.165, 1.54) is 0 Å². The molecule has 0 aromatic heterocycles. The molecule has 0 spiro atoms. The lowest BCUT2D eigenvalue weighted by atomic mass is 10.1. The van der Waals surface area contributed by atoms with Gasteiger partial charge in [0.15, 0.2) is 0 Å². The molecule has 0 aliphatic heterocycles. The lowest BCUT2D eigenvalue weighted by molar-refractivity contribution is -0.107. The highest BCUT2D eigenvalue weighted by atomic mass is 16.1. The number of anilines is 1. The van der Waals surface area contributed by atoms with Crippen molar-refractivity contribution in [3.63, 3.8) is 0 Å². The molecule has 1 amide bonds. The standard InChI is InChI=1S/C15H13NO2/c17-11-10-12-6-4-5-9-14(12)16-15(18)13-7-2-1-3-8-13/h1-9,11H,10H2,(H,16,18). The average molecular weight is 239 g/mol. The minimum atomic E-state index is -0.172. The van der Waals surface area contributed by atoms with Gasteiger partial charge in [0.1, 0.15) is 6.29 Å². The van der Waals surface area contributed by atoms with Gasteiger partial charge in [-0.1, -0.05) is 36.4 Å². The first-order valence-corrected chi connectivity index (χ1v) is 5.69. The molecule has 0 bridgehead atoms. The van der Waals surface area contributed by atoms with Crippen molar-refractivity contribution in [3.05, 3.63) is 65.7 Å². The number of amides is 1. The third-order valence-electron chi connectivity index (χ3n) is 2.60. The molecule has 2 aromatic carbocycles. The molecule has 0 saturated heterocycles. The Morgan fingerprint density at radius 3 is 2.39 bits per heavy atom. The summed E-state index contributed by atoms with van der Waals surface area (Å²) in [4.78, 5) is 22.5. The van der Waals surface area contributed by atoms with Crippen LogP contribution in [0.4, 0.5) is 5.69 Å². The Hall–Kier alpha value is -2.42. The predicted octanol–water partition coefficient (Wildman–Crippen LogP) is 2.68. The quantitative estimate of drug-likeness (QED) is 0.834. The van der Waals surface area contributed by atoms with Crippen LogP contribution in [-0.2, 0) is 11.2 Å². The molecule has 0 saturated carbocycles. The molecule has 2 aromatic rings. The molecule has 90 valence electrons. The van der Waals surface area contributed by atoms with Crippen molar-refractivity contribution in [2.45, 2.75) is 6.42 Å². The number of carbonyl (C=O) groups is 2. The summed E-state index contributed by atoms with van der Waals surface area (Å²) in [6, 6.07) is 16.3. The van der Waals surface area contributed by atoms with Crippen molar-refractivity contribution in [2.75, 3.05) is 5.32 Å². The normalized spacial score (nSPS) is 9.78. The first-order chi connectivity index (χ1) is 8.81. The van der Waals surface area contributed by atoms with E-state index in [4.69, 9.17) is 0 Å². The van der Waals surface area contributed by atoms with Crippen molar-refractivity contribution < 1.29 is 9.59 Å². The Morgan fingerprint density at radius 1 is 1.00 bits per heavy atom. The molecule has 0 atom stereocenters. The monoisotopic (exact) mass is 239 g/mol. The van der Waals surface area contributed by atoms with E-state index in [1.54, 1.807) is 18.2 Å². The number of para-hydroxylation sites is 1. The highest BCUT2D eigenvalue weighted by Gasteiger charge is 2.07. The van der Waals surface area contributed by atoms with Crippen molar-refractivity contribution in [1.29, 1.82) is 0 Å². The molecule has 0 aliphatic carbocycles. The largest absolute Gasteiger partial charge is 0.322 e. The molecule has 3 nitrogen and oxygen atoms in total. The second kappa shape index (κ2) is 5.77. The van der Waals surface area contributed by atoms with Crippen LogP contribution in [0.3, 0.4) is 0 Å². The van der Waals surface area contributed by atoms with E-state index in [0.717, 1.165) is 11.8 Å². The molecule has 0 fully saturated rings. The summed E-state index contributed by atoms with van der Waals surface area (Å²) < 4.78 is 0.